The maximum atomic E-state index is 6.69. The van der Waals surface area contributed by atoms with E-state index in [1.807, 2.05) is 18.2 Å². The number of benzene rings is 8. The summed E-state index contributed by atoms with van der Waals surface area (Å²) in [5, 5.41) is 6.61. The van der Waals surface area contributed by atoms with Crippen LogP contribution >= 0.6 is 0 Å². The van der Waals surface area contributed by atoms with Gasteiger partial charge in [-0.05, 0) is 53.6 Å². The second-order valence-electron chi connectivity index (χ2n) is 14.4. The van der Waals surface area contributed by atoms with Gasteiger partial charge >= 0.3 is 0 Å². The third kappa shape index (κ3) is 4.87. The number of hydrogen-bond donors (Lipinski definition) is 0. The number of rotatable bonds is 5. The lowest BCUT2D eigenvalue weighted by Gasteiger charge is -2.14. The van der Waals surface area contributed by atoms with Crippen LogP contribution in [0.3, 0.4) is 0 Å². The standard InChI is InChI=1S/C51H31N5O/c1-2-15-32(16-3-1)33-17-14-18-34(29-33)49-52-50(54-51(53-49)56-44-26-11-6-21-38(44)39-22-7-12-27-45(39)56)41-30-35(31-47-48(41)40-23-8-13-28-46(40)57-47)55-42-24-9-4-19-36(42)37-20-5-10-25-43(37)55/h1-31H. The van der Waals surface area contributed by atoms with E-state index in [1.165, 1.54) is 10.8 Å². The third-order valence-electron chi connectivity index (χ3n) is 11.2. The number of furan rings is 1. The van der Waals surface area contributed by atoms with Crippen LogP contribution in [0.2, 0.25) is 0 Å². The minimum atomic E-state index is 0.542. The zero-order valence-electron chi connectivity index (χ0n) is 30.5. The molecule has 0 aliphatic rings. The molecule has 0 radical (unpaired) electrons. The summed E-state index contributed by atoms with van der Waals surface area (Å²) in [5.74, 6) is 1.68. The Hall–Kier alpha value is -7.83. The van der Waals surface area contributed by atoms with Crippen molar-refractivity contribution in [3.8, 4) is 45.5 Å². The van der Waals surface area contributed by atoms with Crippen LogP contribution in [-0.4, -0.2) is 24.1 Å². The van der Waals surface area contributed by atoms with Gasteiger partial charge in [0.1, 0.15) is 11.2 Å². The molecule has 266 valence electrons. The van der Waals surface area contributed by atoms with Crippen molar-refractivity contribution in [1.82, 2.24) is 24.1 Å². The highest BCUT2D eigenvalue weighted by Crippen LogP contribution is 2.41. The summed E-state index contributed by atoms with van der Waals surface area (Å²) >= 11 is 0. The Morgan fingerprint density at radius 3 is 1.51 bits per heavy atom. The van der Waals surface area contributed by atoms with E-state index in [2.05, 4.69) is 179 Å². The van der Waals surface area contributed by atoms with Gasteiger partial charge in [-0.25, -0.2) is 4.98 Å². The van der Waals surface area contributed by atoms with E-state index in [0.29, 0.717) is 17.6 Å². The van der Waals surface area contributed by atoms with Crippen LogP contribution in [0.5, 0.6) is 0 Å². The molecule has 4 aromatic heterocycles. The van der Waals surface area contributed by atoms with Gasteiger partial charge in [0.25, 0.3) is 0 Å². The Morgan fingerprint density at radius 1 is 0.351 bits per heavy atom. The van der Waals surface area contributed by atoms with Crippen LogP contribution in [0, 0.1) is 0 Å². The molecule has 0 aliphatic heterocycles. The van der Waals surface area contributed by atoms with Crippen molar-refractivity contribution in [3.05, 3.63) is 188 Å². The number of para-hydroxylation sites is 5. The molecule has 12 aromatic rings. The lowest BCUT2D eigenvalue weighted by Crippen LogP contribution is -2.07. The van der Waals surface area contributed by atoms with Gasteiger partial charge in [-0.3, -0.25) is 4.57 Å². The van der Waals surface area contributed by atoms with E-state index in [0.717, 1.165) is 82.7 Å². The highest BCUT2D eigenvalue weighted by molar-refractivity contribution is 6.14. The quantitative estimate of drug-likeness (QED) is 0.177. The minimum absolute atomic E-state index is 0.542. The van der Waals surface area contributed by atoms with Gasteiger partial charge in [0.15, 0.2) is 11.6 Å². The number of hydrogen-bond acceptors (Lipinski definition) is 4. The van der Waals surface area contributed by atoms with Crippen molar-refractivity contribution < 1.29 is 4.42 Å². The molecule has 0 spiro atoms. The minimum Gasteiger partial charge on any atom is -0.456 e. The first-order valence-electron chi connectivity index (χ1n) is 19.1. The van der Waals surface area contributed by atoms with Crippen molar-refractivity contribution in [1.29, 1.82) is 0 Å². The second kappa shape index (κ2) is 12.3. The van der Waals surface area contributed by atoms with E-state index in [4.69, 9.17) is 19.4 Å². The van der Waals surface area contributed by atoms with Crippen molar-refractivity contribution in [2.45, 2.75) is 0 Å². The van der Waals surface area contributed by atoms with E-state index < -0.39 is 0 Å². The average molecular weight is 730 g/mol. The number of nitrogens with zero attached hydrogens (tertiary/aromatic N) is 5. The van der Waals surface area contributed by atoms with Crippen LogP contribution in [0.1, 0.15) is 0 Å². The van der Waals surface area contributed by atoms with Gasteiger partial charge in [-0.2, -0.15) is 9.97 Å². The van der Waals surface area contributed by atoms with Gasteiger partial charge in [0, 0.05) is 49.5 Å². The molecule has 6 heteroatoms. The average Bonchev–Trinajstić information content (AvgIpc) is 3.94. The molecule has 0 bridgehead atoms. The molecule has 0 saturated heterocycles. The van der Waals surface area contributed by atoms with E-state index in [-0.39, 0.29) is 0 Å². The lowest BCUT2D eigenvalue weighted by molar-refractivity contribution is 0.668. The summed E-state index contributed by atoms with van der Waals surface area (Å²) in [7, 11) is 0. The van der Waals surface area contributed by atoms with Crippen LogP contribution in [0.4, 0.5) is 0 Å². The Balaban J connectivity index is 1.19. The Bertz CT molecular complexity index is 3430. The summed E-state index contributed by atoms with van der Waals surface area (Å²) < 4.78 is 11.2. The molecular weight excluding hydrogens is 699 g/mol. The number of aromatic nitrogens is 5. The fourth-order valence-corrected chi connectivity index (χ4v) is 8.67. The van der Waals surface area contributed by atoms with Gasteiger partial charge in [-0.1, -0.05) is 140 Å². The van der Waals surface area contributed by atoms with E-state index in [9.17, 15) is 0 Å². The predicted molar refractivity (Wildman–Crippen MR) is 232 cm³/mol. The Labute approximate surface area is 326 Å². The fraction of sp³-hybridized carbons (Fsp3) is 0. The zero-order chi connectivity index (χ0) is 37.5. The summed E-state index contributed by atoms with van der Waals surface area (Å²) in [5.41, 5.74) is 10.8. The zero-order valence-corrected chi connectivity index (χ0v) is 30.5. The molecule has 57 heavy (non-hydrogen) atoms. The predicted octanol–water partition coefficient (Wildman–Crippen LogP) is 13.0. The van der Waals surface area contributed by atoms with Crippen molar-refractivity contribution >= 4 is 65.6 Å². The van der Waals surface area contributed by atoms with Crippen molar-refractivity contribution in [2.75, 3.05) is 0 Å². The molecule has 8 aromatic carbocycles. The van der Waals surface area contributed by atoms with Crippen molar-refractivity contribution in [3.63, 3.8) is 0 Å². The van der Waals surface area contributed by atoms with Gasteiger partial charge < -0.3 is 8.98 Å². The summed E-state index contributed by atoms with van der Waals surface area (Å²) in [6.07, 6.45) is 0. The lowest BCUT2D eigenvalue weighted by atomic mass is 10.0. The molecule has 0 unspecified atom stereocenters. The molecule has 6 nitrogen and oxygen atoms in total. The topological polar surface area (TPSA) is 61.7 Å². The maximum Gasteiger partial charge on any atom is 0.238 e. The fourth-order valence-electron chi connectivity index (χ4n) is 8.67. The first kappa shape index (κ1) is 31.5. The van der Waals surface area contributed by atoms with Gasteiger partial charge in [-0.15, -0.1) is 0 Å². The molecule has 4 heterocycles. The summed E-state index contributed by atoms with van der Waals surface area (Å²) in [6, 6.07) is 65.5. The molecule has 0 N–H and O–H groups in total. The third-order valence-corrected chi connectivity index (χ3v) is 11.2. The summed E-state index contributed by atoms with van der Waals surface area (Å²) in [6.45, 7) is 0. The smallest absolute Gasteiger partial charge is 0.238 e. The monoisotopic (exact) mass is 729 g/mol. The Kier molecular flexibility index (Phi) is 6.83. The SMILES string of the molecule is c1ccc(-c2cccc(-c3nc(-c4cc(-n5c6ccccc6c6ccccc65)cc5oc6ccccc6c45)nc(-n4c5ccccc5c5ccccc54)n3)c2)cc1. The molecule has 0 fully saturated rings. The Morgan fingerprint density at radius 2 is 0.860 bits per heavy atom. The largest absolute Gasteiger partial charge is 0.456 e. The van der Waals surface area contributed by atoms with E-state index in [1.54, 1.807) is 0 Å². The van der Waals surface area contributed by atoms with Crippen LogP contribution in [0.15, 0.2) is 192 Å². The van der Waals surface area contributed by atoms with Crippen LogP contribution in [-0.2, 0) is 0 Å². The maximum absolute atomic E-state index is 6.69. The van der Waals surface area contributed by atoms with Crippen LogP contribution < -0.4 is 0 Å². The molecule has 0 saturated carbocycles. The normalized spacial score (nSPS) is 11.9. The van der Waals surface area contributed by atoms with Gasteiger partial charge in [0.2, 0.25) is 5.95 Å². The van der Waals surface area contributed by atoms with E-state index >= 15 is 0 Å². The van der Waals surface area contributed by atoms with Crippen LogP contribution in [0.25, 0.3) is 111 Å². The van der Waals surface area contributed by atoms with Crippen molar-refractivity contribution in [2.24, 2.45) is 0 Å². The molecule has 0 atom stereocenters. The highest BCUT2D eigenvalue weighted by Gasteiger charge is 2.23. The molecule has 12 rings (SSSR count). The van der Waals surface area contributed by atoms with Gasteiger partial charge in [0.05, 0.1) is 27.8 Å². The molecule has 0 amide bonds. The first-order valence-corrected chi connectivity index (χ1v) is 19.1. The molecule has 0 aliphatic carbocycles. The second-order valence-corrected chi connectivity index (χ2v) is 14.4. The number of fused-ring (bicyclic) bond motifs is 9. The first-order chi connectivity index (χ1) is 28.3. The highest BCUT2D eigenvalue weighted by atomic mass is 16.3. The molecular formula is C51H31N5O. The summed E-state index contributed by atoms with van der Waals surface area (Å²) in [4.78, 5) is 16.1.